The summed E-state index contributed by atoms with van der Waals surface area (Å²) in [6.07, 6.45) is 0.844. The average molecular weight is 304 g/mol. The Hall–Kier alpha value is -2.13. The van der Waals surface area contributed by atoms with Crippen molar-refractivity contribution in [1.29, 1.82) is 5.26 Å². The van der Waals surface area contributed by atoms with Gasteiger partial charge >= 0.3 is 5.97 Å². The molecule has 0 spiro atoms. The van der Waals surface area contributed by atoms with Crippen LogP contribution in [0.3, 0.4) is 0 Å². The maximum absolute atomic E-state index is 12.4. The summed E-state index contributed by atoms with van der Waals surface area (Å²) < 4.78 is 0. The van der Waals surface area contributed by atoms with Crippen LogP contribution < -0.4 is 5.32 Å². The van der Waals surface area contributed by atoms with Crippen LogP contribution in [0.1, 0.15) is 32.3 Å². The lowest BCUT2D eigenvalue weighted by atomic mass is 9.76. The zero-order valence-electron chi connectivity index (χ0n) is 11.8. The average Bonchev–Trinajstić information content (AvgIpc) is 2.88. The Bertz CT molecular complexity index is 654. The molecular formula is C15H16N2O3S. The summed E-state index contributed by atoms with van der Waals surface area (Å²) in [4.78, 5) is 23.8. The molecule has 0 aliphatic heterocycles. The van der Waals surface area contributed by atoms with Crippen molar-refractivity contribution in [3.05, 3.63) is 28.2 Å². The van der Waals surface area contributed by atoms with Crippen molar-refractivity contribution in [3.63, 3.8) is 0 Å². The lowest BCUT2D eigenvalue weighted by Gasteiger charge is -2.29. The minimum Gasteiger partial charge on any atom is -0.481 e. The first kappa shape index (κ1) is 15.3. The molecule has 0 radical (unpaired) electrons. The van der Waals surface area contributed by atoms with Crippen LogP contribution in [0.2, 0.25) is 0 Å². The van der Waals surface area contributed by atoms with Gasteiger partial charge in [0, 0.05) is 0 Å². The molecule has 5 nitrogen and oxygen atoms in total. The van der Waals surface area contributed by atoms with Gasteiger partial charge in [0.2, 0.25) is 5.91 Å². The predicted molar refractivity (Wildman–Crippen MR) is 79.9 cm³/mol. The maximum Gasteiger partial charge on any atom is 0.307 e. The molecule has 1 aromatic rings. The molecule has 1 heterocycles. The van der Waals surface area contributed by atoms with E-state index in [-0.39, 0.29) is 5.91 Å². The quantitative estimate of drug-likeness (QED) is 0.840. The number of nitrogens with one attached hydrogen (secondary N) is 1. The van der Waals surface area contributed by atoms with Crippen LogP contribution in [0.5, 0.6) is 0 Å². The molecule has 0 unspecified atom stereocenters. The molecule has 1 aliphatic carbocycles. The van der Waals surface area contributed by atoms with Gasteiger partial charge in [0.25, 0.3) is 0 Å². The van der Waals surface area contributed by atoms with Crippen molar-refractivity contribution < 1.29 is 14.7 Å². The zero-order valence-corrected chi connectivity index (χ0v) is 12.7. The molecule has 0 bridgehead atoms. The molecule has 0 saturated carbocycles. The third kappa shape index (κ3) is 3.14. The number of anilines is 1. The Kier molecular flexibility index (Phi) is 4.43. The first-order valence-electron chi connectivity index (χ1n) is 6.60. The summed E-state index contributed by atoms with van der Waals surface area (Å²) in [5.74, 6) is -2.58. The second-order valence-electron chi connectivity index (χ2n) is 5.28. The van der Waals surface area contributed by atoms with Gasteiger partial charge in [-0.3, -0.25) is 9.59 Å². The van der Waals surface area contributed by atoms with Crippen LogP contribution in [-0.4, -0.2) is 17.0 Å². The Labute approximate surface area is 126 Å². The first-order chi connectivity index (χ1) is 9.93. The molecule has 110 valence electrons. The van der Waals surface area contributed by atoms with Gasteiger partial charge in [-0.2, -0.15) is 5.26 Å². The molecule has 1 amide bonds. The van der Waals surface area contributed by atoms with Gasteiger partial charge in [-0.05, 0) is 38.1 Å². The largest absolute Gasteiger partial charge is 0.481 e. The van der Waals surface area contributed by atoms with Crippen LogP contribution in [0.25, 0.3) is 0 Å². The van der Waals surface area contributed by atoms with E-state index in [4.69, 9.17) is 5.26 Å². The van der Waals surface area contributed by atoms with Crippen LogP contribution in [0.4, 0.5) is 5.00 Å². The highest BCUT2D eigenvalue weighted by atomic mass is 32.1. The second kappa shape index (κ2) is 6.10. The predicted octanol–water partition coefficient (Wildman–Crippen LogP) is 3.01. The lowest BCUT2D eigenvalue weighted by Crippen LogP contribution is -2.36. The summed E-state index contributed by atoms with van der Waals surface area (Å²) in [6, 6.07) is 3.63. The van der Waals surface area contributed by atoms with Crippen LogP contribution in [0.15, 0.2) is 22.6 Å². The van der Waals surface area contributed by atoms with E-state index in [9.17, 15) is 14.7 Å². The van der Waals surface area contributed by atoms with E-state index in [1.54, 1.807) is 11.4 Å². The third-order valence-electron chi connectivity index (χ3n) is 3.94. The summed E-state index contributed by atoms with van der Waals surface area (Å²) >= 11 is 1.26. The molecule has 1 aliphatic rings. The molecular weight excluding hydrogens is 288 g/mol. The number of allylic oxidation sites excluding steroid dienone is 2. The van der Waals surface area contributed by atoms with Gasteiger partial charge < -0.3 is 10.4 Å². The second-order valence-corrected chi connectivity index (χ2v) is 6.20. The van der Waals surface area contributed by atoms with Gasteiger partial charge in [0.1, 0.15) is 11.1 Å². The van der Waals surface area contributed by atoms with E-state index in [0.29, 0.717) is 23.4 Å². The van der Waals surface area contributed by atoms with Crippen LogP contribution in [-0.2, 0) is 9.59 Å². The van der Waals surface area contributed by atoms with E-state index in [1.807, 2.05) is 19.9 Å². The van der Waals surface area contributed by atoms with Gasteiger partial charge in [-0.1, -0.05) is 11.1 Å². The van der Waals surface area contributed by atoms with Crippen molar-refractivity contribution in [2.75, 3.05) is 5.32 Å². The highest BCUT2D eigenvalue weighted by Crippen LogP contribution is 2.35. The summed E-state index contributed by atoms with van der Waals surface area (Å²) in [7, 11) is 0. The monoisotopic (exact) mass is 304 g/mol. The third-order valence-corrected chi connectivity index (χ3v) is 4.77. The molecule has 0 fully saturated rings. The molecule has 0 saturated heterocycles. The molecule has 2 N–H and O–H groups in total. The number of carbonyl (C=O) groups excluding carboxylic acids is 1. The van der Waals surface area contributed by atoms with Gasteiger partial charge in [-0.25, -0.2) is 0 Å². The highest BCUT2D eigenvalue weighted by Gasteiger charge is 2.37. The number of hydrogen-bond acceptors (Lipinski definition) is 4. The van der Waals surface area contributed by atoms with E-state index in [0.717, 1.165) is 11.1 Å². The highest BCUT2D eigenvalue weighted by molar-refractivity contribution is 7.14. The lowest BCUT2D eigenvalue weighted by molar-refractivity contribution is -0.146. The zero-order chi connectivity index (χ0) is 15.6. The fourth-order valence-corrected chi connectivity index (χ4v) is 3.27. The topological polar surface area (TPSA) is 90.2 Å². The number of amides is 1. The number of carboxylic acid groups (broad SMARTS) is 1. The van der Waals surface area contributed by atoms with E-state index >= 15 is 0 Å². The minimum atomic E-state index is -0.950. The van der Waals surface area contributed by atoms with Gasteiger partial charge in [0.15, 0.2) is 0 Å². The Morgan fingerprint density at radius 3 is 2.52 bits per heavy atom. The van der Waals surface area contributed by atoms with Crippen LogP contribution in [0, 0.1) is 23.2 Å². The molecule has 0 aromatic carbocycles. The van der Waals surface area contributed by atoms with Crippen molar-refractivity contribution in [1.82, 2.24) is 0 Å². The summed E-state index contributed by atoms with van der Waals surface area (Å²) in [5, 5.41) is 23.2. The minimum absolute atomic E-state index is 0.326. The fourth-order valence-electron chi connectivity index (χ4n) is 2.53. The Morgan fingerprint density at radius 2 is 1.95 bits per heavy atom. The number of thiophene rings is 1. The SMILES string of the molecule is CC1=C(C)C[C@@H](C(=O)Nc2sccc2C#N)[C@@H](C(=O)O)C1. The number of carboxylic acids is 1. The summed E-state index contributed by atoms with van der Waals surface area (Å²) in [6.45, 7) is 3.84. The Morgan fingerprint density at radius 1 is 1.33 bits per heavy atom. The van der Waals surface area contributed by atoms with Gasteiger partial charge in [-0.15, -0.1) is 11.3 Å². The number of nitriles is 1. The molecule has 2 rings (SSSR count). The fraction of sp³-hybridized carbons (Fsp3) is 0.400. The normalized spacial score (nSPS) is 21.8. The number of rotatable bonds is 3. The van der Waals surface area contributed by atoms with Crippen molar-refractivity contribution in [2.24, 2.45) is 11.8 Å². The molecule has 2 atom stereocenters. The van der Waals surface area contributed by atoms with E-state index in [1.165, 1.54) is 11.3 Å². The standard InChI is InChI=1S/C15H16N2O3S/c1-8-5-11(12(15(19)20)6-9(8)2)13(18)17-14-10(7-16)3-4-21-14/h3-4,11-12H,5-6H2,1-2H3,(H,17,18)(H,19,20)/t11-,12+/m1/s1. The maximum atomic E-state index is 12.4. The summed E-state index contributed by atoms with van der Waals surface area (Å²) in [5.41, 5.74) is 2.51. The van der Waals surface area contributed by atoms with Crippen molar-refractivity contribution >= 4 is 28.2 Å². The van der Waals surface area contributed by atoms with E-state index in [2.05, 4.69) is 5.32 Å². The number of nitrogens with zero attached hydrogens (tertiary/aromatic N) is 1. The van der Waals surface area contributed by atoms with Crippen molar-refractivity contribution in [2.45, 2.75) is 26.7 Å². The number of hydrogen-bond donors (Lipinski definition) is 2. The van der Waals surface area contributed by atoms with Crippen LogP contribution >= 0.6 is 11.3 Å². The smallest absolute Gasteiger partial charge is 0.307 e. The van der Waals surface area contributed by atoms with Gasteiger partial charge in [0.05, 0.1) is 17.4 Å². The molecule has 6 heteroatoms. The molecule has 21 heavy (non-hydrogen) atoms. The Balaban J connectivity index is 2.21. The first-order valence-corrected chi connectivity index (χ1v) is 7.48. The number of aliphatic carboxylic acids is 1. The van der Waals surface area contributed by atoms with Crippen molar-refractivity contribution in [3.8, 4) is 6.07 Å². The number of carbonyl (C=O) groups is 2. The van der Waals surface area contributed by atoms with E-state index < -0.39 is 17.8 Å². The molecule has 1 aromatic heterocycles.